The second-order valence-electron chi connectivity index (χ2n) is 5.03. The van der Waals surface area contributed by atoms with Crippen molar-refractivity contribution in [3.05, 3.63) is 44.1 Å². The van der Waals surface area contributed by atoms with E-state index in [1.54, 1.807) is 24.6 Å². The molecule has 1 N–H and O–H groups in total. The summed E-state index contributed by atoms with van der Waals surface area (Å²) in [6, 6.07) is 0. The van der Waals surface area contributed by atoms with Crippen LogP contribution < -0.4 is 11.2 Å². The number of aryl methyl sites for hydroxylation is 1. The van der Waals surface area contributed by atoms with Crippen molar-refractivity contribution < 1.29 is 0 Å². The number of rotatable bonds is 5. The summed E-state index contributed by atoms with van der Waals surface area (Å²) in [6.45, 7) is 7.96. The molecule has 0 fully saturated rings. The zero-order chi connectivity index (χ0) is 16.4. The van der Waals surface area contributed by atoms with Crippen LogP contribution in [-0.4, -0.2) is 24.9 Å². The topological polar surface area (TPSA) is 72.7 Å². The molecule has 0 aliphatic carbocycles. The van der Waals surface area contributed by atoms with E-state index in [9.17, 15) is 9.59 Å². The lowest BCUT2D eigenvalue weighted by Gasteiger charge is -2.05. The Morgan fingerprint density at radius 3 is 2.73 bits per heavy atom. The first kappa shape index (κ1) is 16.6. The Labute approximate surface area is 136 Å². The highest BCUT2D eigenvalue weighted by Crippen LogP contribution is 2.23. The Hall–Kier alpha value is -1.73. The van der Waals surface area contributed by atoms with E-state index in [0.29, 0.717) is 33.7 Å². The molecule has 2 heterocycles. The molecule has 2 aromatic heterocycles. The maximum atomic E-state index is 12.2. The summed E-state index contributed by atoms with van der Waals surface area (Å²) in [5.41, 5.74) is 0.783. The van der Waals surface area contributed by atoms with Gasteiger partial charge in [0.1, 0.15) is 0 Å². The summed E-state index contributed by atoms with van der Waals surface area (Å²) < 4.78 is 3.09. The van der Waals surface area contributed by atoms with Gasteiger partial charge in [0.25, 0.3) is 5.56 Å². The number of allylic oxidation sites excluding steroid dienone is 2. The largest absolute Gasteiger partial charge is 0.329 e. The van der Waals surface area contributed by atoms with Crippen LogP contribution in [-0.2, 0) is 13.6 Å². The number of nitrogens with zero attached hydrogens (tertiary/aromatic N) is 3. The Kier molecular flexibility index (Phi) is 4.97. The fraction of sp³-hybridized carbons (Fsp3) is 0.357. The molecule has 0 unspecified atom stereocenters. The molecule has 0 aliphatic rings. The summed E-state index contributed by atoms with van der Waals surface area (Å²) in [6.07, 6.45) is 1.79. The van der Waals surface area contributed by atoms with Gasteiger partial charge in [-0.2, -0.15) is 0 Å². The van der Waals surface area contributed by atoms with E-state index in [1.807, 2.05) is 6.92 Å². The molecule has 8 heteroatoms. The van der Waals surface area contributed by atoms with Gasteiger partial charge >= 0.3 is 5.69 Å². The van der Waals surface area contributed by atoms with Gasteiger partial charge in [-0.15, -0.1) is 0 Å². The number of imidazole rings is 1. The number of aromatic amines is 1. The molecule has 0 saturated heterocycles. The molecule has 118 valence electrons. The first-order valence-electron chi connectivity index (χ1n) is 6.60. The summed E-state index contributed by atoms with van der Waals surface area (Å²) >= 11 is 7.35. The first-order valence-corrected chi connectivity index (χ1v) is 7.96. The zero-order valence-corrected chi connectivity index (χ0v) is 14.2. The molecular formula is C14H17ClN4O2S. The van der Waals surface area contributed by atoms with Gasteiger partial charge in [0.05, 0.1) is 0 Å². The van der Waals surface area contributed by atoms with Crippen LogP contribution in [0.25, 0.3) is 11.2 Å². The lowest BCUT2D eigenvalue weighted by atomic mass is 10.4. The van der Waals surface area contributed by atoms with Gasteiger partial charge in [-0.1, -0.05) is 41.6 Å². The maximum Gasteiger partial charge on any atom is 0.329 e. The van der Waals surface area contributed by atoms with Gasteiger partial charge in [-0.05, 0) is 13.8 Å². The number of aromatic nitrogens is 4. The number of halogens is 1. The van der Waals surface area contributed by atoms with Crippen LogP contribution in [0.15, 0.2) is 38.0 Å². The molecule has 0 bridgehead atoms. The molecule has 0 amide bonds. The van der Waals surface area contributed by atoms with Crippen molar-refractivity contribution >= 4 is 34.5 Å². The third-order valence-electron chi connectivity index (χ3n) is 2.97. The zero-order valence-electron chi connectivity index (χ0n) is 12.6. The predicted octanol–water partition coefficient (Wildman–Crippen LogP) is 2.23. The number of thioether (sulfide) groups is 1. The molecule has 22 heavy (non-hydrogen) atoms. The van der Waals surface area contributed by atoms with Crippen LogP contribution in [0.5, 0.6) is 0 Å². The van der Waals surface area contributed by atoms with E-state index in [1.165, 1.54) is 16.3 Å². The van der Waals surface area contributed by atoms with E-state index in [4.69, 9.17) is 11.6 Å². The van der Waals surface area contributed by atoms with Crippen LogP contribution >= 0.6 is 23.4 Å². The minimum atomic E-state index is -0.484. The molecule has 0 spiro atoms. The highest BCUT2D eigenvalue weighted by molar-refractivity contribution is 7.99. The lowest BCUT2D eigenvalue weighted by molar-refractivity contribution is 0.743. The van der Waals surface area contributed by atoms with Crippen molar-refractivity contribution in [2.75, 3.05) is 5.75 Å². The smallest absolute Gasteiger partial charge is 0.309 e. The van der Waals surface area contributed by atoms with Crippen molar-refractivity contribution in [2.45, 2.75) is 25.5 Å². The third kappa shape index (κ3) is 3.36. The van der Waals surface area contributed by atoms with Crippen LogP contribution in [0, 0.1) is 0 Å². The number of fused-ring (bicyclic) bond motifs is 1. The van der Waals surface area contributed by atoms with Crippen molar-refractivity contribution in [2.24, 2.45) is 7.05 Å². The van der Waals surface area contributed by atoms with Crippen LogP contribution in [0.4, 0.5) is 0 Å². The normalized spacial score (nSPS) is 12.1. The SMILES string of the molecule is C=C(C)CSc1nc2c(c(=O)[nH]c(=O)n2C)n1CC=C(C)Cl. The quantitative estimate of drug-likeness (QED) is 0.669. The summed E-state index contributed by atoms with van der Waals surface area (Å²) in [5, 5.41) is 1.28. The highest BCUT2D eigenvalue weighted by atomic mass is 35.5. The van der Waals surface area contributed by atoms with E-state index < -0.39 is 11.2 Å². The van der Waals surface area contributed by atoms with Gasteiger partial charge < -0.3 is 4.57 Å². The number of hydrogen-bond acceptors (Lipinski definition) is 4. The number of H-pyrrole nitrogens is 1. The van der Waals surface area contributed by atoms with Crippen LogP contribution in [0.1, 0.15) is 13.8 Å². The van der Waals surface area contributed by atoms with E-state index in [2.05, 4.69) is 16.5 Å². The van der Waals surface area contributed by atoms with E-state index >= 15 is 0 Å². The number of nitrogens with one attached hydrogen (secondary N) is 1. The molecule has 0 atom stereocenters. The molecule has 0 radical (unpaired) electrons. The molecule has 0 saturated carbocycles. The summed E-state index contributed by atoms with van der Waals surface area (Å²) in [5.74, 6) is 0.679. The standard InChI is InChI=1S/C14H17ClN4O2S/c1-8(2)7-22-14-16-11-10(19(14)6-5-9(3)15)12(20)17-13(21)18(11)4/h5H,1,6-7H2,2-4H3,(H,17,20,21). The Balaban J connectivity index is 2.69. The first-order chi connectivity index (χ1) is 10.3. The maximum absolute atomic E-state index is 12.2. The van der Waals surface area contributed by atoms with Crippen molar-refractivity contribution in [1.29, 1.82) is 0 Å². The van der Waals surface area contributed by atoms with Crippen molar-refractivity contribution in [1.82, 2.24) is 19.1 Å². The number of hydrogen-bond donors (Lipinski definition) is 1. The predicted molar refractivity (Wildman–Crippen MR) is 90.7 cm³/mol. The van der Waals surface area contributed by atoms with Gasteiger partial charge in [0.2, 0.25) is 0 Å². The second-order valence-corrected chi connectivity index (χ2v) is 6.57. The van der Waals surface area contributed by atoms with E-state index in [-0.39, 0.29) is 0 Å². The minimum absolute atomic E-state index is 0.360. The fourth-order valence-corrected chi connectivity index (χ4v) is 2.82. The lowest BCUT2D eigenvalue weighted by Crippen LogP contribution is -2.29. The Bertz CT molecular complexity index is 871. The summed E-state index contributed by atoms with van der Waals surface area (Å²) in [4.78, 5) is 30.6. The van der Waals surface area contributed by atoms with E-state index in [0.717, 1.165) is 5.57 Å². The average molecular weight is 341 g/mol. The Morgan fingerprint density at radius 2 is 2.14 bits per heavy atom. The molecule has 2 aromatic rings. The molecule has 2 rings (SSSR count). The van der Waals surface area contributed by atoms with Gasteiger partial charge in [0, 0.05) is 24.4 Å². The Morgan fingerprint density at radius 1 is 1.45 bits per heavy atom. The molecule has 0 aliphatic heterocycles. The average Bonchev–Trinajstić information content (AvgIpc) is 2.79. The van der Waals surface area contributed by atoms with Crippen molar-refractivity contribution in [3.63, 3.8) is 0 Å². The van der Waals surface area contributed by atoms with Crippen LogP contribution in [0.3, 0.4) is 0 Å². The van der Waals surface area contributed by atoms with Gasteiger partial charge in [0.15, 0.2) is 16.3 Å². The highest BCUT2D eigenvalue weighted by Gasteiger charge is 2.16. The summed E-state index contributed by atoms with van der Waals surface area (Å²) in [7, 11) is 1.58. The van der Waals surface area contributed by atoms with Crippen molar-refractivity contribution in [3.8, 4) is 0 Å². The monoisotopic (exact) mass is 340 g/mol. The van der Waals surface area contributed by atoms with Gasteiger partial charge in [-0.3, -0.25) is 14.3 Å². The minimum Gasteiger partial charge on any atom is -0.309 e. The second kappa shape index (κ2) is 6.58. The third-order valence-corrected chi connectivity index (χ3v) is 4.34. The fourth-order valence-electron chi connectivity index (χ4n) is 1.90. The van der Waals surface area contributed by atoms with Gasteiger partial charge in [-0.25, -0.2) is 9.78 Å². The molecule has 0 aromatic carbocycles. The molecule has 6 nitrogen and oxygen atoms in total. The molecular weight excluding hydrogens is 324 g/mol. The van der Waals surface area contributed by atoms with Crippen LogP contribution in [0.2, 0.25) is 0 Å².